The number of hydrogen-bond acceptors (Lipinski definition) is 8. The lowest BCUT2D eigenvalue weighted by atomic mass is 9.89. The van der Waals surface area contributed by atoms with Gasteiger partial charge in [-0.05, 0) is 53.5 Å². The first-order valence-electron chi connectivity index (χ1n) is 12.5. The van der Waals surface area contributed by atoms with Crippen molar-refractivity contribution in [1.82, 2.24) is 19.7 Å². The zero-order valence-electron chi connectivity index (χ0n) is 22.1. The van der Waals surface area contributed by atoms with E-state index in [1.807, 2.05) is 54.0 Å². The Balaban J connectivity index is 1.48. The smallest absolute Gasteiger partial charge is 0.439 e. The minimum atomic E-state index is -3.47. The van der Waals surface area contributed by atoms with Crippen LogP contribution < -0.4 is 10.5 Å². The molecule has 5 aromatic rings. The summed E-state index contributed by atoms with van der Waals surface area (Å²) in [4.78, 5) is 19.2. The van der Waals surface area contributed by atoms with Gasteiger partial charge in [0.05, 0.1) is 10.4 Å². The van der Waals surface area contributed by atoms with Crippen LogP contribution >= 0.6 is 0 Å². The molecule has 0 saturated heterocycles. The van der Waals surface area contributed by atoms with Gasteiger partial charge < -0.3 is 14.0 Å². The first-order chi connectivity index (χ1) is 19.2. The van der Waals surface area contributed by atoms with E-state index in [0.29, 0.717) is 35.8 Å². The Morgan fingerprint density at radius 1 is 1.10 bits per heavy atom. The third-order valence-electron chi connectivity index (χ3n) is 6.98. The summed E-state index contributed by atoms with van der Waals surface area (Å²) in [7, 11) is -1.89. The first kappa shape index (κ1) is 25.8. The van der Waals surface area contributed by atoms with Crippen molar-refractivity contribution in [2.24, 2.45) is 0 Å². The molecule has 0 atom stereocenters. The van der Waals surface area contributed by atoms with Crippen molar-refractivity contribution in [2.75, 3.05) is 13.4 Å². The van der Waals surface area contributed by atoms with Gasteiger partial charge in [-0.2, -0.15) is 0 Å². The molecule has 10 nitrogen and oxygen atoms in total. The number of sulfone groups is 1. The summed E-state index contributed by atoms with van der Waals surface area (Å²) in [6.45, 7) is 2.89. The summed E-state index contributed by atoms with van der Waals surface area (Å²) >= 11 is 0. The number of aromatic amines is 1. The Hall–Kier alpha value is -4.48. The van der Waals surface area contributed by atoms with Gasteiger partial charge in [0.25, 0.3) is 0 Å². The van der Waals surface area contributed by atoms with Gasteiger partial charge >= 0.3 is 5.76 Å². The molecular weight excluding hydrogens is 532 g/mol. The van der Waals surface area contributed by atoms with E-state index in [1.54, 1.807) is 19.2 Å². The number of H-pyrrole nitrogens is 1. The van der Waals surface area contributed by atoms with Gasteiger partial charge in [0.15, 0.2) is 15.7 Å². The van der Waals surface area contributed by atoms with E-state index in [1.165, 1.54) is 6.26 Å². The molecule has 1 N–H and O–H groups in total. The minimum absolute atomic E-state index is 0.186. The number of rotatable bonds is 6. The summed E-state index contributed by atoms with van der Waals surface area (Å²) < 4.78 is 43.2. The number of nitrogens with one attached hydrogen (secondary N) is 1. The average molecular weight is 559 g/mol. The summed E-state index contributed by atoms with van der Waals surface area (Å²) in [5.41, 5.74) is 6.51. The van der Waals surface area contributed by atoms with Crippen molar-refractivity contribution >= 4 is 32.0 Å². The molecule has 3 aromatic carbocycles. The maximum absolute atomic E-state index is 12.4. The number of para-hydroxylation sites is 2. The number of fused-ring (bicyclic) bond motifs is 3. The highest BCUT2D eigenvalue weighted by molar-refractivity contribution is 7.91. The van der Waals surface area contributed by atoms with E-state index in [2.05, 4.69) is 21.2 Å². The molecule has 0 bridgehead atoms. The van der Waals surface area contributed by atoms with E-state index in [-0.39, 0.29) is 11.5 Å². The van der Waals surface area contributed by atoms with Crippen LogP contribution in [0.4, 0.5) is 0 Å². The van der Waals surface area contributed by atoms with E-state index in [4.69, 9.17) is 14.0 Å². The number of aromatic nitrogens is 4. The van der Waals surface area contributed by atoms with Crippen LogP contribution in [0.1, 0.15) is 40.8 Å². The lowest BCUT2D eigenvalue weighted by molar-refractivity contribution is 0.175. The number of ether oxygens (including phenoxy) is 2. The van der Waals surface area contributed by atoms with Crippen LogP contribution in [0.5, 0.6) is 5.75 Å². The van der Waals surface area contributed by atoms with E-state index in [0.717, 1.165) is 39.1 Å². The van der Waals surface area contributed by atoms with Crippen molar-refractivity contribution < 1.29 is 22.4 Å². The van der Waals surface area contributed by atoms with Crippen molar-refractivity contribution in [3.63, 3.8) is 0 Å². The predicted molar refractivity (Wildman–Crippen MR) is 149 cm³/mol. The molecule has 0 unspecified atom stereocenters. The van der Waals surface area contributed by atoms with Crippen molar-refractivity contribution in [1.29, 1.82) is 0 Å². The molecular formula is C29H26N4O6S. The molecule has 204 valence electrons. The molecule has 11 heteroatoms. The van der Waals surface area contributed by atoms with E-state index >= 15 is 0 Å². The Kier molecular flexibility index (Phi) is 6.40. The number of methoxy groups -OCH3 is 1. The van der Waals surface area contributed by atoms with E-state index < -0.39 is 15.6 Å². The minimum Gasteiger partial charge on any atom is -0.488 e. The van der Waals surface area contributed by atoms with Crippen LogP contribution in [0.15, 0.2) is 74.9 Å². The highest BCUT2D eigenvalue weighted by atomic mass is 32.2. The van der Waals surface area contributed by atoms with E-state index in [9.17, 15) is 13.2 Å². The fourth-order valence-corrected chi connectivity index (χ4v) is 6.02. The van der Waals surface area contributed by atoms with Gasteiger partial charge in [-0.15, -0.1) is 0 Å². The fraction of sp³-hybridized carbons (Fsp3) is 0.207. The SMILES string of the molecule is COCc1nc2c(S(C)(=O)=O)cccc2n1Cc1ccc2c(c1)COc1ccccc1/C2=C(\C)c1noc(=O)[nH]1. The maximum atomic E-state index is 12.4. The Bertz CT molecular complexity index is 1970. The van der Waals surface area contributed by atoms with Crippen LogP contribution in [0.25, 0.3) is 22.2 Å². The van der Waals surface area contributed by atoms with Crippen LogP contribution in [0, 0.1) is 0 Å². The molecule has 0 amide bonds. The first-order valence-corrected chi connectivity index (χ1v) is 14.4. The molecule has 0 radical (unpaired) electrons. The predicted octanol–water partition coefficient (Wildman–Crippen LogP) is 4.18. The second kappa shape index (κ2) is 9.92. The quantitative estimate of drug-likeness (QED) is 0.329. The van der Waals surface area contributed by atoms with Crippen molar-refractivity contribution in [3.05, 3.63) is 105 Å². The zero-order valence-corrected chi connectivity index (χ0v) is 22.9. The third kappa shape index (κ3) is 4.52. The topological polar surface area (TPSA) is 129 Å². The second-order valence-electron chi connectivity index (χ2n) is 9.66. The van der Waals surface area contributed by atoms with Gasteiger partial charge in [0.2, 0.25) is 0 Å². The molecule has 6 rings (SSSR count). The molecule has 0 spiro atoms. The monoisotopic (exact) mass is 558 g/mol. The molecule has 3 heterocycles. The normalized spacial score (nSPS) is 14.4. The van der Waals surface area contributed by atoms with Crippen molar-refractivity contribution in [2.45, 2.75) is 31.6 Å². The maximum Gasteiger partial charge on any atom is 0.439 e. The van der Waals surface area contributed by atoms with Gasteiger partial charge in [-0.3, -0.25) is 9.51 Å². The Labute approximate surface area is 229 Å². The second-order valence-corrected chi connectivity index (χ2v) is 11.6. The summed E-state index contributed by atoms with van der Waals surface area (Å²) in [6.07, 6.45) is 1.18. The Morgan fingerprint density at radius 3 is 2.67 bits per heavy atom. The lowest BCUT2D eigenvalue weighted by Gasteiger charge is -2.15. The Morgan fingerprint density at radius 2 is 1.93 bits per heavy atom. The molecule has 1 aliphatic rings. The van der Waals surface area contributed by atoms with Crippen LogP contribution in [0.3, 0.4) is 0 Å². The summed E-state index contributed by atoms with van der Waals surface area (Å²) in [5, 5.41) is 3.91. The molecule has 0 aliphatic carbocycles. The summed E-state index contributed by atoms with van der Waals surface area (Å²) in [6, 6.07) is 19.0. The number of nitrogens with zero attached hydrogens (tertiary/aromatic N) is 3. The molecule has 0 fully saturated rings. The largest absolute Gasteiger partial charge is 0.488 e. The molecule has 2 aromatic heterocycles. The highest BCUT2D eigenvalue weighted by Gasteiger charge is 2.24. The van der Waals surface area contributed by atoms with Gasteiger partial charge in [-0.1, -0.05) is 41.6 Å². The molecule has 40 heavy (non-hydrogen) atoms. The molecule has 1 aliphatic heterocycles. The highest BCUT2D eigenvalue weighted by Crippen LogP contribution is 2.40. The number of imidazole rings is 1. The standard InChI is InChI=1S/C29H26N4O6S/c1-17(28-31-29(34)39-32-28)26-20-12-11-18(13-19(20)15-38-23-9-5-4-7-21(23)26)14-33-22-8-6-10-24(40(3,35)36)27(22)30-25(33)16-37-2/h4-13H,14-16H2,1-3H3,(H,31,32,34)/b26-17+. The fourth-order valence-electron chi connectivity index (χ4n) is 5.19. The lowest BCUT2D eigenvalue weighted by Crippen LogP contribution is -2.07. The molecule has 0 saturated carbocycles. The van der Waals surface area contributed by atoms with Gasteiger partial charge in [-0.25, -0.2) is 18.2 Å². The summed E-state index contributed by atoms with van der Waals surface area (Å²) in [5.74, 6) is 1.07. The number of allylic oxidation sites excluding steroid dienone is 1. The van der Waals surface area contributed by atoms with Crippen LogP contribution in [-0.4, -0.2) is 41.5 Å². The number of benzene rings is 3. The van der Waals surface area contributed by atoms with Gasteiger partial charge in [0.1, 0.15) is 30.3 Å². The van der Waals surface area contributed by atoms with Crippen molar-refractivity contribution in [3.8, 4) is 5.75 Å². The average Bonchev–Trinajstić information content (AvgIpc) is 3.47. The van der Waals surface area contributed by atoms with Crippen LogP contribution in [-0.2, 0) is 34.3 Å². The zero-order chi connectivity index (χ0) is 28.0. The third-order valence-corrected chi connectivity index (χ3v) is 8.11. The number of hydrogen-bond donors (Lipinski definition) is 1. The van der Waals surface area contributed by atoms with Crippen LogP contribution in [0.2, 0.25) is 0 Å². The van der Waals surface area contributed by atoms with Gasteiger partial charge in [0, 0.05) is 31.0 Å².